The van der Waals surface area contributed by atoms with E-state index in [0.717, 1.165) is 18.7 Å². The second-order valence-corrected chi connectivity index (χ2v) is 4.82. The van der Waals surface area contributed by atoms with Gasteiger partial charge in [-0.05, 0) is 6.42 Å². The molecule has 0 aliphatic heterocycles. The second-order valence-electron chi connectivity index (χ2n) is 4.82. The molecule has 0 saturated carbocycles. The molecule has 0 spiro atoms. The van der Waals surface area contributed by atoms with Crippen molar-refractivity contribution in [2.24, 2.45) is 0 Å². The van der Waals surface area contributed by atoms with Crippen molar-refractivity contribution in [3.8, 4) is 0 Å². The molecule has 1 aromatic heterocycles. The van der Waals surface area contributed by atoms with Crippen molar-refractivity contribution in [1.29, 1.82) is 0 Å². The number of unbranched alkanes of at least 4 members (excludes halogenated alkanes) is 5. The molecule has 0 aliphatic rings. The predicted molar refractivity (Wildman–Crippen MR) is 75.6 cm³/mol. The highest BCUT2D eigenvalue weighted by molar-refractivity contribution is 5.32. The summed E-state index contributed by atoms with van der Waals surface area (Å²) in [7, 11) is 3.81. The average molecular weight is 251 g/mol. The number of hydrogen-bond acceptors (Lipinski definition) is 5. The molecule has 0 aliphatic carbocycles. The Bertz CT molecular complexity index is 351. The average Bonchev–Trinajstić information content (AvgIpc) is 2.33. The summed E-state index contributed by atoms with van der Waals surface area (Å²) in [6.45, 7) is 2.23. The van der Waals surface area contributed by atoms with Crippen molar-refractivity contribution in [2.75, 3.05) is 24.7 Å². The highest BCUT2D eigenvalue weighted by Gasteiger charge is 2.05. The number of nitrogen functional groups attached to an aromatic ring is 1. The minimum absolute atomic E-state index is 0.315. The molecule has 0 atom stereocenters. The van der Waals surface area contributed by atoms with Crippen molar-refractivity contribution in [1.82, 2.24) is 15.0 Å². The van der Waals surface area contributed by atoms with Gasteiger partial charge in [-0.2, -0.15) is 15.0 Å². The molecule has 1 heterocycles. The molecule has 0 bridgehead atoms. The summed E-state index contributed by atoms with van der Waals surface area (Å²) in [6.07, 6.45) is 8.51. The summed E-state index contributed by atoms with van der Waals surface area (Å²) in [6, 6.07) is 0. The van der Waals surface area contributed by atoms with E-state index in [1.807, 2.05) is 19.0 Å². The number of aromatic nitrogens is 3. The Labute approximate surface area is 110 Å². The summed E-state index contributed by atoms with van der Waals surface area (Å²) in [5, 5.41) is 0. The highest BCUT2D eigenvalue weighted by atomic mass is 15.3. The Balaban J connectivity index is 2.37. The highest BCUT2D eigenvalue weighted by Crippen LogP contribution is 2.10. The van der Waals surface area contributed by atoms with Gasteiger partial charge in [0.2, 0.25) is 11.9 Å². The van der Waals surface area contributed by atoms with Crippen LogP contribution in [-0.4, -0.2) is 29.0 Å². The van der Waals surface area contributed by atoms with Gasteiger partial charge in [0.15, 0.2) is 0 Å². The van der Waals surface area contributed by atoms with Crippen LogP contribution >= 0.6 is 0 Å². The molecule has 5 heteroatoms. The van der Waals surface area contributed by atoms with E-state index in [1.54, 1.807) is 0 Å². The number of aryl methyl sites for hydroxylation is 1. The molecule has 0 radical (unpaired) electrons. The Morgan fingerprint density at radius 1 is 0.944 bits per heavy atom. The first-order chi connectivity index (χ1) is 8.63. The normalized spacial score (nSPS) is 10.6. The third-order valence-electron chi connectivity index (χ3n) is 2.84. The van der Waals surface area contributed by atoms with Crippen LogP contribution in [0.5, 0.6) is 0 Å². The fourth-order valence-corrected chi connectivity index (χ4v) is 1.80. The van der Waals surface area contributed by atoms with Crippen LogP contribution in [0.1, 0.15) is 51.3 Å². The van der Waals surface area contributed by atoms with Crippen LogP contribution in [0.25, 0.3) is 0 Å². The molecular weight excluding hydrogens is 226 g/mol. The van der Waals surface area contributed by atoms with Crippen molar-refractivity contribution in [3.63, 3.8) is 0 Å². The lowest BCUT2D eigenvalue weighted by molar-refractivity contribution is 0.600. The lowest BCUT2D eigenvalue weighted by Gasteiger charge is -2.11. The van der Waals surface area contributed by atoms with Gasteiger partial charge in [-0.15, -0.1) is 0 Å². The molecule has 5 nitrogen and oxygen atoms in total. The van der Waals surface area contributed by atoms with E-state index in [1.165, 1.54) is 32.1 Å². The number of nitrogens with zero attached hydrogens (tertiary/aromatic N) is 4. The fraction of sp³-hybridized carbons (Fsp3) is 0.769. The van der Waals surface area contributed by atoms with Crippen LogP contribution in [0.4, 0.5) is 11.9 Å². The maximum absolute atomic E-state index is 5.68. The fourth-order valence-electron chi connectivity index (χ4n) is 1.80. The Hall–Kier alpha value is -1.39. The Morgan fingerprint density at radius 2 is 1.61 bits per heavy atom. The van der Waals surface area contributed by atoms with Crippen molar-refractivity contribution in [2.45, 2.75) is 51.9 Å². The first kappa shape index (κ1) is 14.7. The van der Waals surface area contributed by atoms with Gasteiger partial charge in [0.25, 0.3) is 0 Å². The molecule has 2 N–H and O–H groups in total. The Morgan fingerprint density at radius 3 is 2.28 bits per heavy atom. The van der Waals surface area contributed by atoms with E-state index in [0.29, 0.717) is 11.9 Å². The number of anilines is 2. The van der Waals surface area contributed by atoms with E-state index >= 15 is 0 Å². The lowest BCUT2D eigenvalue weighted by atomic mass is 10.1. The summed E-state index contributed by atoms with van der Waals surface area (Å²) in [5.41, 5.74) is 5.68. The van der Waals surface area contributed by atoms with E-state index in [9.17, 15) is 0 Å². The second kappa shape index (κ2) is 7.84. The molecular formula is C13H25N5. The maximum atomic E-state index is 5.68. The van der Waals surface area contributed by atoms with Crippen LogP contribution < -0.4 is 10.6 Å². The molecule has 0 fully saturated rings. The third kappa shape index (κ3) is 5.29. The van der Waals surface area contributed by atoms with Gasteiger partial charge in [0.1, 0.15) is 5.82 Å². The molecule has 102 valence electrons. The van der Waals surface area contributed by atoms with E-state index in [2.05, 4.69) is 21.9 Å². The number of nitrogens with two attached hydrogens (primary N) is 1. The predicted octanol–water partition coefficient (Wildman–Crippen LogP) is 2.42. The first-order valence-corrected chi connectivity index (χ1v) is 6.81. The van der Waals surface area contributed by atoms with Crippen molar-refractivity contribution in [3.05, 3.63) is 5.82 Å². The van der Waals surface area contributed by atoms with Gasteiger partial charge in [-0.25, -0.2) is 0 Å². The zero-order chi connectivity index (χ0) is 13.4. The van der Waals surface area contributed by atoms with Gasteiger partial charge in [-0.3, -0.25) is 0 Å². The monoisotopic (exact) mass is 251 g/mol. The Kier molecular flexibility index (Phi) is 6.39. The van der Waals surface area contributed by atoms with Gasteiger partial charge in [0.05, 0.1) is 0 Å². The summed E-state index contributed by atoms with van der Waals surface area (Å²) in [4.78, 5) is 14.5. The summed E-state index contributed by atoms with van der Waals surface area (Å²) >= 11 is 0. The van der Waals surface area contributed by atoms with E-state index < -0.39 is 0 Å². The summed E-state index contributed by atoms with van der Waals surface area (Å²) in [5.74, 6) is 1.76. The number of rotatable bonds is 8. The molecule has 1 rings (SSSR count). The van der Waals surface area contributed by atoms with Crippen molar-refractivity contribution >= 4 is 11.9 Å². The van der Waals surface area contributed by atoms with Crippen LogP contribution in [0.3, 0.4) is 0 Å². The van der Waals surface area contributed by atoms with Gasteiger partial charge >= 0.3 is 0 Å². The first-order valence-electron chi connectivity index (χ1n) is 6.81. The molecule has 0 saturated heterocycles. The standard InChI is InChI=1S/C13H25N5/c1-4-5-6-7-8-9-10-11-15-12(14)17-13(16-11)18(2)3/h4-10H2,1-3H3,(H2,14,15,16,17). The van der Waals surface area contributed by atoms with Crippen LogP contribution in [0, 0.1) is 0 Å². The van der Waals surface area contributed by atoms with Gasteiger partial charge in [0, 0.05) is 20.5 Å². The summed E-state index contributed by atoms with van der Waals surface area (Å²) < 4.78 is 0. The van der Waals surface area contributed by atoms with Gasteiger partial charge in [-0.1, -0.05) is 39.0 Å². The SMILES string of the molecule is CCCCCCCCc1nc(N)nc(N(C)C)n1. The third-order valence-corrected chi connectivity index (χ3v) is 2.84. The molecule has 1 aromatic rings. The zero-order valence-electron chi connectivity index (χ0n) is 11.8. The van der Waals surface area contributed by atoms with E-state index in [4.69, 9.17) is 5.73 Å². The molecule has 0 unspecified atom stereocenters. The van der Waals surface area contributed by atoms with Crippen LogP contribution in [0.15, 0.2) is 0 Å². The van der Waals surface area contributed by atoms with E-state index in [-0.39, 0.29) is 0 Å². The molecule has 0 amide bonds. The number of hydrogen-bond donors (Lipinski definition) is 1. The minimum Gasteiger partial charge on any atom is -0.368 e. The smallest absolute Gasteiger partial charge is 0.229 e. The molecule has 18 heavy (non-hydrogen) atoms. The topological polar surface area (TPSA) is 67.9 Å². The quantitative estimate of drug-likeness (QED) is 0.719. The zero-order valence-corrected chi connectivity index (χ0v) is 11.8. The maximum Gasteiger partial charge on any atom is 0.229 e. The lowest BCUT2D eigenvalue weighted by Crippen LogP contribution is -2.16. The largest absolute Gasteiger partial charge is 0.368 e. The minimum atomic E-state index is 0.315. The van der Waals surface area contributed by atoms with Gasteiger partial charge < -0.3 is 10.6 Å². The van der Waals surface area contributed by atoms with Crippen LogP contribution in [-0.2, 0) is 6.42 Å². The molecule has 0 aromatic carbocycles. The van der Waals surface area contributed by atoms with Crippen LogP contribution in [0.2, 0.25) is 0 Å². The van der Waals surface area contributed by atoms with Crippen molar-refractivity contribution < 1.29 is 0 Å².